The van der Waals surface area contributed by atoms with Crippen molar-refractivity contribution in [1.82, 2.24) is 25.2 Å². The van der Waals surface area contributed by atoms with E-state index in [2.05, 4.69) is 16.0 Å². The third-order valence-corrected chi connectivity index (χ3v) is 11.0. The molecule has 5 amide bonds. The van der Waals surface area contributed by atoms with E-state index in [4.69, 9.17) is 5.73 Å². The summed E-state index contributed by atoms with van der Waals surface area (Å²) in [6, 6.07) is 3.47. The third-order valence-electron chi connectivity index (χ3n) is 9.73. The Morgan fingerprint density at radius 2 is 1.64 bits per heavy atom. The number of unbranched alkanes of at least 4 members (excludes halogenated alkanes) is 1. The van der Waals surface area contributed by atoms with Crippen LogP contribution in [0.5, 0.6) is 0 Å². The summed E-state index contributed by atoms with van der Waals surface area (Å²) in [6.45, 7) is 11.6. The lowest BCUT2D eigenvalue weighted by Crippen LogP contribution is -2.61. The molecule has 0 radical (unpaired) electrons. The van der Waals surface area contributed by atoms with Crippen molar-refractivity contribution in [2.75, 3.05) is 26.4 Å². The number of nitrogens with one attached hydrogen (secondary N) is 3. The highest BCUT2D eigenvalue weighted by molar-refractivity contribution is 7.88. The molecule has 1 aliphatic heterocycles. The molecule has 1 heterocycles. The monoisotopic (exact) mass is 716 g/mol. The first-order valence-corrected chi connectivity index (χ1v) is 19.2. The summed E-state index contributed by atoms with van der Waals surface area (Å²) < 4.78 is 25.6. The lowest BCUT2D eigenvalue weighted by atomic mass is 9.86. The van der Waals surface area contributed by atoms with E-state index in [9.17, 15) is 32.4 Å². The maximum absolute atomic E-state index is 14.7. The van der Waals surface area contributed by atoms with Crippen molar-refractivity contribution < 1.29 is 32.4 Å². The molecule has 1 unspecified atom stereocenters. The highest BCUT2D eigenvalue weighted by atomic mass is 32.2. The molecule has 14 heteroatoms. The van der Waals surface area contributed by atoms with Gasteiger partial charge in [-0.15, -0.1) is 0 Å². The van der Waals surface area contributed by atoms with Crippen LogP contribution in [0.15, 0.2) is 35.9 Å². The zero-order valence-corrected chi connectivity index (χ0v) is 31.6. The van der Waals surface area contributed by atoms with E-state index in [0.717, 1.165) is 29.4 Å². The largest absolute Gasteiger partial charge is 0.363 e. The van der Waals surface area contributed by atoms with Gasteiger partial charge in [0.15, 0.2) is 0 Å². The summed E-state index contributed by atoms with van der Waals surface area (Å²) in [5.74, 6) is -3.72. The normalized spacial score (nSPS) is 19.7. The second kappa shape index (κ2) is 17.0. The molecule has 1 aromatic carbocycles. The quantitative estimate of drug-likeness (QED) is 0.158. The van der Waals surface area contributed by atoms with Crippen LogP contribution in [0.3, 0.4) is 0 Å². The van der Waals surface area contributed by atoms with Crippen molar-refractivity contribution in [3.63, 3.8) is 0 Å². The predicted octanol–water partition coefficient (Wildman–Crippen LogP) is 2.29. The van der Waals surface area contributed by atoms with Crippen molar-refractivity contribution in [1.29, 1.82) is 0 Å². The molecule has 13 nitrogen and oxygen atoms in total. The Balaban J connectivity index is 1.97. The Morgan fingerprint density at radius 3 is 2.14 bits per heavy atom. The van der Waals surface area contributed by atoms with Crippen LogP contribution in [-0.4, -0.2) is 97.7 Å². The minimum Gasteiger partial charge on any atom is -0.363 e. The second-order valence-electron chi connectivity index (χ2n) is 15.1. The summed E-state index contributed by atoms with van der Waals surface area (Å²) in [4.78, 5) is 68.5. The van der Waals surface area contributed by atoms with Crippen LogP contribution in [0.25, 0.3) is 0 Å². The molecule has 1 saturated heterocycles. The van der Waals surface area contributed by atoms with E-state index in [1.165, 1.54) is 16.3 Å². The van der Waals surface area contributed by atoms with E-state index in [1.807, 2.05) is 71.9 Å². The van der Waals surface area contributed by atoms with Crippen LogP contribution < -0.4 is 21.7 Å². The van der Waals surface area contributed by atoms with E-state index in [0.29, 0.717) is 25.7 Å². The van der Waals surface area contributed by atoms with Gasteiger partial charge in [-0.3, -0.25) is 19.2 Å². The summed E-state index contributed by atoms with van der Waals surface area (Å²) in [7, 11) is -2.08. The Morgan fingerprint density at radius 1 is 1.04 bits per heavy atom. The van der Waals surface area contributed by atoms with E-state index >= 15 is 0 Å². The van der Waals surface area contributed by atoms with Crippen LogP contribution in [-0.2, 0) is 42.0 Å². The number of carbonyl (C=O) groups is 5. The van der Waals surface area contributed by atoms with E-state index in [-0.39, 0.29) is 31.3 Å². The van der Waals surface area contributed by atoms with Gasteiger partial charge in [-0.05, 0) is 62.0 Å². The van der Waals surface area contributed by atoms with Gasteiger partial charge >= 0.3 is 6.03 Å². The number of hydrogen-bond acceptors (Lipinski definition) is 7. The number of sulfonamides is 1. The van der Waals surface area contributed by atoms with Gasteiger partial charge < -0.3 is 26.6 Å². The number of allylic oxidation sites excluding steroid dienone is 1. The molecule has 0 saturated carbocycles. The summed E-state index contributed by atoms with van der Waals surface area (Å²) in [5, 5.41) is 8.58. The van der Waals surface area contributed by atoms with Gasteiger partial charge in [0.2, 0.25) is 27.6 Å². The zero-order chi connectivity index (χ0) is 37.6. The van der Waals surface area contributed by atoms with Gasteiger partial charge in [0.05, 0.1) is 12.3 Å². The molecular formula is C36H56N6O7S. The molecule has 0 aromatic heterocycles. The van der Waals surface area contributed by atoms with E-state index < -0.39 is 69.1 Å². The van der Waals surface area contributed by atoms with E-state index in [1.54, 1.807) is 0 Å². The topological polar surface area (TPSA) is 188 Å². The highest BCUT2D eigenvalue weighted by Crippen LogP contribution is 2.33. The number of carbonyl (C=O) groups excluding carboxylic acids is 5. The van der Waals surface area contributed by atoms with Gasteiger partial charge in [0.25, 0.3) is 5.91 Å². The van der Waals surface area contributed by atoms with Gasteiger partial charge in [-0.1, -0.05) is 76.5 Å². The van der Waals surface area contributed by atoms with Gasteiger partial charge in [-0.25, -0.2) is 17.5 Å². The molecule has 3 rings (SSSR count). The standard InChI is InChI=1S/C36H56N6O7S/c1-9-10-15-27(31(43)32(37)44)38-33(45)30-25(18-22(2)3)16-17-42(30)34(46)29(26-19-23-13-11-12-14-24(23)20-26)40-35(47)39-28(36(4,5)6)21-41(7)50(8,48)49/h11-14,18,25-30H,9-10,15-17,19-21H2,1-8H3,(H2,37,44)(H,38,45)(H2,39,40,47)/t25-,27?,28-,29+,30+/m1/s1. The average Bonchev–Trinajstić information content (AvgIpc) is 3.63. The Labute approximate surface area is 297 Å². The summed E-state index contributed by atoms with van der Waals surface area (Å²) in [6.07, 6.45) is 6.10. The number of benzene rings is 1. The maximum Gasteiger partial charge on any atom is 0.315 e. The lowest BCUT2D eigenvalue weighted by Gasteiger charge is -2.36. The SMILES string of the molecule is CCCCC(NC(=O)[C@@H]1[C@@H](C=C(C)C)CCN1C(=O)[C@@H](NC(=O)N[C@H](CN(C)S(C)(=O)=O)C(C)(C)C)C1Cc2ccccc2C1)C(=O)C(N)=O. The second-order valence-corrected chi connectivity index (χ2v) is 17.2. The van der Waals surface area contributed by atoms with Gasteiger partial charge in [0, 0.05) is 32.1 Å². The number of amides is 5. The summed E-state index contributed by atoms with van der Waals surface area (Å²) in [5.41, 5.74) is 7.87. The number of Topliss-reactive ketones (excluding diaryl/α,β-unsaturated/α-hetero) is 1. The molecule has 5 N–H and O–H groups in total. The van der Waals surface area contributed by atoms with Crippen LogP contribution in [0, 0.1) is 17.3 Å². The molecule has 0 bridgehead atoms. The smallest absolute Gasteiger partial charge is 0.315 e. The van der Waals surface area contributed by atoms with Crippen LogP contribution in [0.2, 0.25) is 0 Å². The summed E-state index contributed by atoms with van der Waals surface area (Å²) >= 11 is 0. The molecule has 1 aromatic rings. The molecule has 5 atom stereocenters. The lowest BCUT2D eigenvalue weighted by molar-refractivity contribution is -0.143. The molecule has 2 aliphatic rings. The number of ketones is 1. The van der Waals surface area contributed by atoms with Crippen molar-refractivity contribution in [2.45, 2.75) is 104 Å². The molecule has 0 spiro atoms. The molecule has 1 fully saturated rings. The molecular weight excluding hydrogens is 660 g/mol. The molecule has 278 valence electrons. The first-order valence-electron chi connectivity index (χ1n) is 17.4. The van der Waals surface area contributed by atoms with Gasteiger partial charge in [-0.2, -0.15) is 0 Å². The number of nitrogens with two attached hydrogens (primary N) is 1. The first-order chi connectivity index (χ1) is 23.2. The first kappa shape index (κ1) is 40.6. The van der Waals surface area contributed by atoms with Crippen LogP contribution in [0.4, 0.5) is 4.79 Å². The van der Waals surface area contributed by atoms with Crippen molar-refractivity contribution in [3.05, 3.63) is 47.0 Å². The zero-order valence-electron chi connectivity index (χ0n) is 30.7. The van der Waals surface area contributed by atoms with Crippen LogP contribution in [0.1, 0.15) is 78.4 Å². The number of primary amides is 1. The number of rotatable bonds is 15. The minimum atomic E-state index is -3.53. The Bertz CT molecular complexity index is 1540. The Hall–Kier alpha value is -3.78. The predicted molar refractivity (Wildman–Crippen MR) is 192 cm³/mol. The van der Waals surface area contributed by atoms with Gasteiger partial charge in [0.1, 0.15) is 12.1 Å². The molecule has 50 heavy (non-hydrogen) atoms. The number of nitrogens with zero attached hydrogens (tertiary/aromatic N) is 2. The average molecular weight is 717 g/mol. The fourth-order valence-corrected chi connectivity index (χ4v) is 7.19. The maximum atomic E-state index is 14.7. The molecule has 1 aliphatic carbocycles. The number of urea groups is 1. The van der Waals surface area contributed by atoms with Crippen molar-refractivity contribution in [3.8, 4) is 0 Å². The third kappa shape index (κ3) is 10.6. The fourth-order valence-electron chi connectivity index (χ4n) is 6.77. The fraction of sp³-hybridized carbons (Fsp3) is 0.639. The minimum absolute atomic E-state index is 0.0191. The Kier molecular flexibility index (Phi) is 13.8. The number of likely N-dealkylation sites (N-methyl/N-ethyl adjacent to an activating group) is 1. The van der Waals surface area contributed by atoms with Crippen molar-refractivity contribution >= 4 is 39.6 Å². The number of fused-ring (bicyclic) bond motifs is 1. The highest BCUT2D eigenvalue weighted by Gasteiger charge is 2.46. The van der Waals surface area contributed by atoms with Crippen molar-refractivity contribution in [2.24, 2.45) is 23.0 Å². The number of hydrogen-bond donors (Lipinski definition) is 4. The number of likely N-dealkylation sites (tertiary alicyclic amines) is 1. The van der Waals surface area contributed by atoms with Crippen LogP contribution >= 0.6 is 0 Å².